The average Bonchev–Trinajstić information content (AvgIpc) is 3.08. The second-order valence-corrected chi connectivity index (χ2v) is 12.7. The SMILES string of the molecule is CC=C(CC[C@@H](C)[C@H]1CC[C@H]2C3=CCC4[C@@H](C)C(=O)CC[C@]4(C)[C@H]3CC[C@]12C)C(C)C. The molecule has 4 aliphatic carbocycles. The molecule has 0 heterocycles. The van der Waals surface area contributed by atoms with E-state index in [1.807, 2.05) is 5.57 Å². The Morgan fingerprint density at radius 1 is 1.10 bits per heavy atom. The van der Waals surface area contributed by atoms with Crippen molar-refractivity contribution in [2.24, 2.45) is 52.3 Å². The summed E-state index contributed by atoms with van der Waals surface area (Å²) in [4.78, 5) is 12.5. The molecule has 8 atom stereocenters. The monoisotopic (exact) mass is 424 g/mol. The molecular weight excluding hydrogens is 376 g/mol. The molecule has 0 spiro atoms. The molecule has 4 aliphatic rings. The summed E-state index contributed by atoms with van der Waals surface area (Å²) in [5, 5.41) is 0. The summed E-state index contributed by atoms with van der Waals surface area (Å²) < 4.78 is 0. The minimum atomic E-state index is 0.267. The van der Waals surface area contributed by atoms with Crippen LogP contribution in [-0.4, -0.2) is 5.78 Å². The first-order valence-electron chi connectivity index (χ1n) is 13.5. The third-order valence-electron chi connectivity index (χ3n) is 11.1. The van der Waals surface area contributed by atoms with Gasteiger partial charge in [-0.05, 0) is 105 Å². The maximum absolute atomic E-state index is 12.5. The van der Waals surface area contributed by atoms with Gasteiger partial charge < -0.3 is 0 Å². The van der Waals surface area contributed by atoms with Gasteiger partial charge in [-0.1, -0.05) is 64.8 Å². The third-order valence-corrected chi connectivity index (χ3v) is 11.1. The van der Waals surface area contributed by atoms with E-state index in [4.69, 9.17) is 0 Å². The second-order valence-electron chi connectivity index (χ2n) is 12.7. The Kier molecular flexibility index (Phi) is 6.39. The molecule has 3 fully saturated rings. The van der Waals surface area contributed by atoms with E-state index in [-0.39, 0.29) is 5.92 Å². The van der Waals surface area contributed by atoms with Crippen molar-refractivity contribution in [3.05, 3.63) is 23.3 Å². The highest BCUT2D eigenvalue weighted by atomic mass is 16.1. The zero-order valence-electron chi connectivity index (χ0n) is 21.5. The van der Waals surface area contributed by atoms with Crippen LogP contribution in [0.5, 0.6) is 0 Å². The summed E-state index contributed by atoms with van der Waals surface area (Å²) in [6.07, 6.45) is 16.4. The Balaban J connectivity index is 1.52. The van der Waals surface area contributed by atoms with Gasteiger partial charge in [0.25, 0.3) is 0 Å². The molecule has 0 N–H and O–H groups in total. The van der Waals surface area contributed by atoms with Gasteiger partial charge in [0.2, 0.25) is 0 Å². The highest BCUT2D eigenvalue weighted by Gasteiger charge is 2.59. The van der Waals surface area contributed by atoms with Gasteiger partial charge in [0.05, 0.1) is 0 Å². The zero-order valence-corrected chi connectivity index (χ0v) is 21.5. The number of fused-ring (bicyclic) bond motifs is 5. The number of carbonyl (C=O) groups excluding carboxylic acids is 1. The maximum Gasteiger partial charge on any atom is 0.136 e. The van der Waals surface area contributed by atoms with Gasteiger partial charge in [-0.3, -0.25) is 4.79 Å². The molecule has 0 aromatic rings. The van der Waals surface area contributed by atoms with Gasteiger partial charge in [-0.15, -0.1) is 0 Å². The molecule has 0 saturated heterocycles. The van der Waals surface area contributed by atoms with Crippen molar-refractivity contribution >= 4 is 5.78 Å². The summed E-state index contributed by atoms with van der Waals surface area (Å²) in [7, 11) is 0. The molecule has 0 aromatic carbocycles. The lowest BCUT2D eigenvalue weighted by molar-refractivity contribution is -0.134. The lowest BCUT2D eigenvalue weighted by Gasteiger charge is -2.58. The van der Waals surface area contributed by atoms with Crippen molar-refractivity contribution in [3.8, 4) is 0 Å². The van der Waals surface area contributed by atoms with Crippen molar-refractivity contribution in [2.75, 3.05) is 0 Å². The predicted octanol–water partition coefficient (Wildman–Crippen LogP) is 8.40. The normalized spacial score (nSPS) is 43.9. The molecular formula is C30H48O. The van der Waals surface area contributed by atoms with Crippen LogP contribution in [0.2, 0.25) is 0 Å². The van der Waals surface area contributed by atoms with Gasteiger partial charge in [-0.25, -0.2) is 0 Å². The van der Waals surface area contributed by atoms with Crippen LogP contribution in [0.3, 0.4) is 0 Å². The van der Waals surface area contributed by atoms with Crippen molar-refractivity contribution in [1.29, 1.82) is 0 Å². The molecule has 0 aromatic heterocycles. The summed E-state index contributed by atoms with van der Waals surface area (Å²) in [5.41, 5.74) is 4.33. The lowest BCUT2D eigenvalue weighted by Crippen LogP contribution is -2.51. The number of carbonyl (C=O) groups is 1. The fourth-order valence-electron chi connectivity index (χ4n) is 9.10. The van der Waals surface area contributed by atoms with Crippen LogP contribution >= 0.6 is 0 Å². The fourth-order valence-corrected chi connectivity index (χ4v) is 9.10. The van der Waals surface area contributed by atoms with E-state index < -0.39 is 0 Å². The smallest absolute Gasteiger partial charge is 0.136 e. The van der Waals surface area contributed by atoms with Crippen LogP contribution in [0.4, 0.5) is 0 Å². The van der Waals surface area contributed by atoms with Crippen molar-refractivity contribution in [3.63, 3.8) is 0 Å². The van der Waals surface area contributed by atoms with Crippen molar-refractivity contribution < 1.29 is 4.79 Å². The number of allylic oxidation sites excluding steroid dienone is 4. The Morgan fingerprint density at radius 2 is 1.81 bits per heavy atom. The number of ketones is 1. The van der Waals surface area contributed by atoms with Crippen LogP contribution in [0, 0.1) is 52.3 Å². The van der Waals surface area contributed by atoms with E-state index in [1.54, 1.807) is 5.57 Å². The van der Waals surface area contributed by atoms with Gasteiger partial charge in [0, 0.05) is 12.3 Å². The van der Waals surface area contributed by atoms with Gasteiger partial charge in [-0.2, -0.15) is 0 Å². The molecule has 0 radical (unpaired) electrons. The fraction of sp³-hybridized carbons (Fsp3) is 0.833. The molecule has 31 heavy (non-hydrogen) atoms. The Labute approximate surface area is 192 Å². The molecule has 3 saturated carbocycles. The van der Waals surface area contributed by atoms with E-state index in [1.165, 1.54) is 38.5 Å². The average molecular weight is 425 g/mol. The van der Waals surface area contributed by atoms with Crippen LogP contribution in [-0.2, 0) is 4.79 Å². The quantitative estimate of drug-likeness (QED) is 0.405. The first kappa shape index (κ1) is 23.3. The van der Waals surface area contributed by atoms with Gasteiger partial charge in [0.15, 0.2) is 0 Å². The molecule has 1 unspecified atom stereocenters. The topological polar surface area (TPSA) is 17.1 Å². The number of Topliss-reactive ketones (excluding diaryl/α,β-unsaturated/α-hetero) is 1. The molecule has 174 valence electrons. The molecule has 4 rings (SSSR count). The Hall–Kier alpha value is -0.850. The number of rotatable bonds is 5. The minimum Gasteiger partial charge on any atom is -0.299 e. The van der Waals surface area contributed by atoms with Crippen molar-refractivity contribution in [2.45, 2.75) is 106 Å². The highest BCUT2D eigenvalue weighted by Crippen LogP contribution is 2.67. The standard InChI is InChI=1S/C30H48O/c1-8-22(19(2)3)10-9-20(4)24-13-14-26-23-11-12-25-21(5)28(31)16-18-30(25,7)27(23)15-17-29(24,26)6/h8,11,19-21,24-27H,9-10,12-18H2,1-7H3/t20-,21-,24-,25?,26+,27+,29-,30+/m1/s1. The Bertz CT molecular complexity index is 756. The molecule has 1 heteroatoms. The van der Waals surface area contributed by atoms with E-state index in [9.17, 15) is 4.79 Å². The molecule has 0 bridgehead atoms. The van der Waals surface area contributed by atoms with Crippen LogP contribution < -0.4 is 0 Å². The predicted molar refractivity (Wildman–Crippen MR) is 132 cm³/mol. The zero-order chi connectivity index (χ0) is 22.6. The van der Waals surface area contributed by atoms with E-state index in [0.29, 0.717) is 28.4 Å². The summed E-state index contributed by atoms with van der Waals surface area (Å²) >= 11 is 0. The second kappa shape index (κ2) is 8.49. The summed E-state index contributed by atoms with van der Waals surface area (Å²) in [5.74, 6) is 5.30. The maximum atomic E-state index is 12.5. The van der Waals surface area contributed by atoms with Crippen molar-refractivity contribution in [1.82, 2.24) is 0 Å². The number of hydrogen-bond acceptors (Lipinski definition) is 1. The lowest BCUT2D eigenvalue weighted by atomic mass is 9.46. The van der Waals surface area contributed by atoms with Crippen LogP contribution in [0.1, 0.15) is 106 Å². The van der Waals surface area contributed by atoms with E-state index >= 15 is 0 Å². The van der Waals surface area contributed by atoms with Gasteiger partial charge in [0.1, 0.15) is 5.78 Å². The minimum absolute atomic E-state index is 0.267. The Morgan fingerprint density at radius 3 is 2.48 bits per heavy atom. The first-order chi connectivity index (χ1) is 14.6. The molecule has 0 amide bonds. The highest BCUT2D eigenvalue weighted by molar-refractivity contribution is 5.82. The molecule has 1 nitrogen and oxygen atoms in total. The first-order valence-corrected chi connectivity index (χ1v) is 13.5. The molecule has 0 aliphatic heterocycles. The van der Waals surface area contributed by atoms with Gasteiger partial charge >= 0.3 is 0 Å². The third kappa shape index (κ3) is 3.71. The number of hydrogen-bond donors (Lipinski definition) is 0. The van der Waals surface area contributed by atoms with Crippen LogP contribution in [0.15, 0.2) is 23.3 Å². The van der Waals surface area contributed by atoms with Crippen LogP contribution in [0.25, 0.3) is 0 Å². The summed E-state index contributed by atoms with van der Waals surface area (Å²) in [6, 6.07) is 0. The largest absolute Gasteiger partial charge is 0.299 e. The van der Waals surface area contributed by atoms with E-state index in [0.717, 1.165) is 42.9 Å². The van der Waals surface area contributed by atoms with E-state index in [2.05, 4.69) is 60.6 Å². The summed E-state index contributed by atoms with van der Waals surface area (Å²) in [6.45, 7) is 16.9.